The Morgan fingerprint density at radius 2 is 1.82 bits per heavy atom. The number of hydrogen-bond donors (Lipinski definition) is 2. The summed E-state index contributed by atoms with van der Waals surface area (Å²) in [4.78, 5) is 11.5. The van der Waals surface area contributed by atoms with Crippen molar-refractivity contribution < 1.29 is 9.90 Å². The average Bonchev–Trinajstić information content (AvgIpc) is 2.93. The standard InChI is InChI=1S/C16H10Cl2N2O2/c17-10-6-7-11(12(18)8-10)13-14(9-4-2-1-3-5-9)19-20-15(13)16(21)22/h1-8H,(H,19,20)(H,21,22). The monoisotopic (exact) mass is 332 g/mol. The number of hydrogen-bond acceptors (Lipinski definition) is 2. The van der Waals surface area contributed by atoms with Crippen molar-refractivity contribution >= 4 is 29.2 Å². The Balaban J connectivity index is 2.28. The Kier molecular flexibility index (Phi) is 3.88. The van der Waals surface area contributed by atoms with Gasteiger partial charge in [-0.3, -0.25) is 5.10 Å². The van der Waals surface area contributed by atoms with Gasteiger partial charge in [0, 0.05) is 21.7 Å². The zero-order valence-electron chi connectivity index (χ0n) is 11.2. The van der Waals surface area contributed by atoms with Gasteiger partial charge >= 0.3 is 5.97 Å². The highest BCUT2D eigenvalue weighted by molar-refractivity contribution is 6.36. The SMILES string of the molecule is O=C(O)c1n[nH]c(-c2ccccc2)c1-c1ccc(Cl)cc1Cl. The third-order valence-electron chi connectivity index (χ3n) is 3.23. The van der Waals surface area contributed by atoms with Gasteiger partial charge in [0.2, 0.25) is 0 Å². The number of halogens is 2. The number of nitrogens with zero attached hydrogens (tertiary/aromatic N) is 1. The highest BCUT2D eigenvalue weighted by atomic mass is 35.5. The van der Waals surface area contributed by atoms with Crippen LogP contribution >= 0.6 is 23.2 Å². The Hall–Kier alpha value is -2.30. The summed E-state index contributed by atoms with van der Waals surface area (Å²) in [6.07, 6.45) is 0. The first-order valence-electron chi connectivity index (χ1n) is 6.40. The molecule has 0 bridgehead atoms. The van der Waals surface area contributed by atoms with Gasteiger partial charge in [-0.25, -0.2) is 4.79 Å². The summed E-state index contributed by atoms with van der Waals surface area (Å²) in [5.74, 6) is -1.13. The van der Waals surface area contributed by atoms with Gasteiger partial charge in [-0.1, -0.05) is 59.6 Å². The van der Waals surface area contributed by atoms with E-state index in [-0.39, 0.29) is 5.69 Å². The molecule has 0 amide bonds. The molecular formula is C16H10Cl2N2O2. The van der Waals surface area contributed by atoms with Gasteiger partial charge in [-0.15, -0.1) is 0 Å². The largest absolute Gasteiger partial charge is 0.476 e. The van der Waals surface area contributed by atoms with E-state index in [9.17, 15) is 9.90 Å². The maximum absolute atomic E-state index is 11.5. The van der Waals surface area contributed by atoms with E-state index in [1.807, 2.05) is 30.3 Å². The second kappa shape index (κ2) is 5.83. The van der Waals surface area contributed by atoms with Crippen LogP contribution in [0.25, 0.3) is 22.4 Å². The second-order valence-electron chi connectivity index (χ2n) is 4.62. The number of benzene rings is 2. The number of aromatic amines is 1. The van der Waals surface area contributed by atoms with E-state index in [1.165, 1.54) is 0 Å². The minimum absolute atomic E-state index is 0.0805. The lowest BCUT2D eigenvalue weighted by Gasteiger charge is -2.07. The van der Waals surface area contributed by atoms with Gasteiger partial charge in [-0.2, -0.15) is 5.10 Å². The lowest BCUT2D eigenvalue weighted by Crippen LogP contribution is -1.99. The molecule has 3 aromatic rings. The van der Waals surface area contributed by atoms with Gasteiger partial charge in [0.25, 0.3) is 0 Å². The lowest BCUT2D eigenvalue weighted by atomic mass is 9.99. The molecule has 0 radical (unpaired) electrons. The van der Waals surface area contributed by atoms with Crippen LogP contribution < -0.4 is 0 Å². The first-order valence-corrected chi connectivity index (χ1v) is 7.16. The number of carboxylic acids is 1. The molecule has 22 heavy (non-hydrogen) atoms. The van der Waals surface area contributed by atoms with Crippen LogP contribution in [0.15, 0.2) is 48.5 Å². The van der Waals surface area contributed by atoms with Crippen LogP contribution in [0.3, 0.4) is 0 Å². The third kappa shape index (κ3) is 2.58. The minimum atomic E-state index is -1.13. The summed E-state index contributed by atoms with van der Waals surface area (Å²) < 4.78 is 0. The smallest absolute Gasteiger partial charge is 0.357 e. The quantitative estimate of drug-likeness (QED) is 0.727. The van der Waals surface area contributed by atoms with Crippen LogP contribution in [0.5, 0.6) is 0 Å². The van der Waals surface area contributed by atoms with Crippen molar-refractivity contribution in [2.45, 2.75) is 0 Å². The Bertz CT molecular complexity index is 845. The van der Waals surface area contributed by atoms with E-state index in [1.54, 1.807) is 18.2 Å². The minimum Gasteiger partial charge on any atom is -0.476 e. The number of aromatic nitrogens is 2. The van der Waals surface area contributed by atoms with Gasteiger partial charge < -0.3 is 5.11 Å². The van der Waals surface area contributed by atoms with Crippen molar-refractivity contribution in [1.82, 2.24) is 10.2 Å². The summed E-state index contributed by atoms with van der Waals surface area (Å²) >= 11 is 12.2. The fourth-order valence-electron chi connectivity index (χ4n) is 2.26. The molecule has 0 aliphatic rings. The van der Waals surface area contributed by atoms with Gasteiger partial charge in [-0.05, 0) is 12.1 Å². The van der Waals surface area contributed by atoms with E-state index in [0.29, 0.717) is 26.9 Å². The van der Waals surface area contributed by atoms with Crippen molar-refractivity contribution in [3.8, 4) is 22.4 Å². The van der Waals surface area contributed by atoms with Crippen LogP contribution in [0, 0.1) is 0 Å². The number of aromatic carboxylic acids is 1. The average molecular weight is 333 g/mol. The predicted octanol–water partition coefficient (Wildman–Crippen LogP) is 4.75. The predicted molar refractivity (Wildman–Crippen MR) is 86.4 cm³/mol. The fraction of sp³-hybridized carbons (Fsp3) is 0. The van der Waals surface area contributed by atoms with Crippen LogP contribution in [-0.2, 0) is 0 Å². The fourth-order valence-corrected chi connectivity index (χ4v) is 2.77. The molecule has 0 unspecified atom stereocenters. The zero-order valence-corrected chi connectivity index (χ0v) is 12.7. The highest BCUT2D eigenvalue weighted by Crippen LogP contribution is 2.38. The van der Waals surface area contributed by atoms with E-state index in [2.05, 4.69) is 10.2 Å². The van der Waals surface area contributed by atoms with E-state index in [0.717, 1.165) is 5.56 Å². The van der Waals surface area contributed by atoms with E-state index in [4.69, 9.17) is 23.2 Å². The second-order valence-corrected chi connectivity index (χ2v) is 5.46. The van der Waals surface area contributed by atoms with Crippen molar-refractivity contribution in [2.24, 2.45) is 0 Å². The maximum atomic E-state index is 11.5. The molecule has 0 aliphatic carbocycles. The van der Waals surface area contributed by atoms with Gasteiger partial charge in [0.15, 0.2) is 5.69 Å². The molecule has 1 aromatic heterocycles. The van der Waals surface area contributed by atoms with Crippen LogP contribution in [-0.4, -0.2) is 21.3 Å². The van der Waals surface area contributed by atoms with Crippen LogP contribution in [0.4, 0.5) is 0 Å². The molecule has 0 fully saturated rings. The van der Waals surface area contributed by atoms with Gasteiger partial charge in [0.1, 0.15) is 0 Å². The molecule has 0 spiro atoms. The Morgan fingerprint density at radius 1 is 1.09 bits per heavy atom. The van der Waals surface area contributed by atoms with E-state index < -0.39 is 5.97 Å². The van der Waals surface area contributed by atoms with Crippen LogP contribution in [0.2, 0.25) is 10.0 Å². The first-order chi connectivity index (χ1) is 10.6. The molecule has 110 valence electrons. The third-order valence-corrected chi connectivity index (χ3v) is 3.78. The molecule has 3 rings (SSSR count). The number of nitrogens with one attached hydrogen (secondary N) is 1. The molecule has 0 saturated carbocycles. The molecule has 0 atom stereocenters. The first kappa shape index (κ1) is 14.6. The topological polar surface area (TPSA) is 66.0 Å². The number of carboxylic acid groups (broad SMARTS) is 1. The van der Waals surface area contributed by atoms with Crippen LogP contribution in [0.1, 0.15) is 10.5 Å². The maximum Gasteiger partial charge on any atom is 0.357 e. The molecular weight excluding hydrogens is 323 g/mol. The number of rotatable bonds is 3. The van der Waals surface area contributed by atoms with Crippen molar-refractivity contribution in [1.29, 1.82) is 0 Å². The zero-order chi connectivity index (χ0) is 15.7. The Morgan fingerprint density at radius 3 is 2.45 bits per heavy atom. The van der Waals surface area contributed by atoms with Crippen molar-refractivity contribution in [3.05, 3.63) is 64.3 Å². The molecule has 2 aromatic carbocycles. The summed E-state index contributed by atoms with van der Waals surface area (Å²) in [6, 6.07) is 14.3. The summed E-state index contributed by atoms with van der Waals surface area (Å²) in [5.41, 5.74) is 2.35. The molecule has 0 saturated heterocycles. The summed E-state index contributed by atoms with van der Waals surface area (Å²) in [7, 11) is 0. The molecule has 0 aliphatic heterocycles. The summed E-state index contributed by atoms with van der Waals surface area (Å²) in [6.45, 7) is 0. The lowest BCUT2D eigenvalue weighted by molar-refractivity contribution is 0.0691. The van der Waals surface area contributed by atoms with Gasteiger partial charge in [0.05, 0.1) is 10.7 Å². The number of H-pyrrole nitrogens is 1. The Labute approximate surface area is 136 Å². The molecule has 4 nitrogen and oxygen atoms in total. The molecule has 6 heteroatoms. The van der Waals surface area contributed by atoms with Crippen molar-refractivity contribution in [3.63, 3.8) is 0 Å². The molecule has 2 N–H and O–H groups in total. The normalized spacial score (nSPS) is 10.6. The van der Waals surface area contributed by atoms with E-state index >= 15 is 0 Å². The number of carbonyl (C=O) groups is 1. The summed E-state index contributed by atoms with van der Waals surface area (Å²) in [5, 5.41) is 16.9. The highest BCUT2D eigenvalue weighted by Gasteiger charge is 2.23. The van der Waals surface area contributed by atoms with Crippen molar-refractivity contribution in [2.75, 3.05) is 0 Å². The molecule has 1 heterocycles.